The molecule has 1 fully saturated rings. The Morgan fingerprint density at radius 1 is 1.00 bits per heavy atom. The average molecular weight is 434 g/mol. The van der Waals surface area contributed by atoms with E-state index in [1.807, 2.05) is 65.5 Å². The zero-order chi connectivity index (χ0) is 22.5. The largest absolute Gasteiger partial charge is 0.497 e. The molecular formula is C25H27N3O4. The maximum absolute atomic E-state index is 13.5. The lowest BCUT2D eigenvalue weighted by molar-refractivity contribution is -0.146. The Bertz CT molecular complexity index is 1070. The van der Waals surface area contributed by atoms with Crippen LogP contribution in [0.5, 0.6) is 5.75 Å². The highest BCUT2D eigenvalue weighted by molar-refractivity contribution is 6.00. The molecule has 0 spiro atoms. The fourth-order valence-electron chi connectivity index (χ4n) is 4.05. The highest BCUT2D eigenvalue weighted by Crippen LogP contribution is 2.28. The summed E-state index contributed by atoms with van der Waals surface area (Å²) in [6.45, 7) is 1.61. The summed E-state index contributed by atoms with van der Waals surface area (Å²) in [7, 11) is 3.03. The average Bonchev–Trinajstić information content (AvgIpc) is 3.27. The van der Waals surface area contributed by atoms with Crippen molar-refractivity contribution in [3.8, 4) is 17.0 Å². The summed E-state index contributed by atoms with van der Waals surface area (Å²) in [5, 5.41) is 4.76. The number of ether oxygens (including phenoxy) is 2. The van der Waals surface area contributed by atoms with Gasteiger partial charge in [-0.1, -0.05) is 30.3 Å². The molecule has 1 aromatic heterocycles. The highest BCUT2D eigenvalue weighted by atomic mass is 16.5. The van der Waals surface area contributed by atoms with Gasteiger partial charge in [0.15, 0.2) is 0 Å². The van der Waals surface area contributed by atoms with Crippen LogP contribution in [0, 0.1) is 5.92 Å². The van der Waals surface area contributed by atoms with E-state index in [2.05, 4.69) is 0 Å². The molecule has 7 nitrogen and oxygen atoms in total. The molecular weight excluding hydrogens is 406 g/mol. The molecule has 2 heterocycles. The van der Waals surface area contributed by atoms with E-state index in [9.17, 15) is 9.59 Å². The van der Waals surface area contributed by atoms with E-state index in [4.69, 9.17) is 14.6 Å². The maximum Gasteiger partial charge on any atom is 0.308 e. The first kappa shape index (κ1) is 21.6. The summed E-state index contributed by atoms with van der Waals surface area (Å²) in [4.78, 5) is 27.1. The molecule has 0 aliphatic carbocycles. The van der Waals surface area contributed by atoms with Crippen molar-refractivity contribution in [1.82, 2.24) is 14.7 Å². The number of piperidine rings is 1. The Hall–Kier alpha value is -3.61. The third-order valence-electron chi connectivity index (χ3n) is 5.86. The number of likely N-dealkylation sites (tertiary alicyclic amines) is 1. The molecule has 1 saturated heterocycles. The molecule has 32 heavy (non-hydrogen) atoms. The Balaban J connectivity index is 1.61. The Morgan fingerprint density at radius 2 is 1.69 bits per heavy atom. The number of methoxy groups -OCH3 is 2. The Labute approximate surface area is 187 Å². The van der Waals surface area contributed by atoms with Crippen LogP contribution in [0.1, 0.15) is 28.8 Å². The molecule has 7 heteroatoms. The molecule has 1 aliphatic rings. The first-order valence-electron chi connectivity index (χ1n) is 10.7. The molecule has 0 unspecified atom stereocenters. The van der Waals surface area contributed by atoms with Gasteiger partial charge in [-0.2, -0.15) is 5.10 Å². The van der Waals surface area contributed by atoms with Gasteiger partial charge in [0.2, 0.25) is 0 Å². The van der Waals surface area contributed by atoms with Crippen LogP contribution in [-0.2, 0) is 16.1 Å². The number of esters is 1. The van der Waals surface area contributed by atoms with E-state index < -0.39 is 0 Å². The van der Waals surface area contributed by atoms with Crippen molar-refractivity contribution in [2.45, 2.75) is 19.4 Å². The van der Waals surface area contributed by atoms with Gasteiger partial charge in [-0.05, 0) is 42.7 Å². The van der Waals surface area contributed by atoms with Gasteiger partial charge < -0.3 is 14.4 Å². The molecule has 2 aromatic carbocycles. The lowest BCUT2D eigenvalue weighted by Crippen LogP contribution is -2.40. The molecule has 0 bridgehead atoms. The van der Waals surface area contributed by atoms with E-state index in [-0.39, 0.29) is 17.8 Å². The molecule has 166 valence electrons. The second-order valence-electron chi connectivity index (χ2n) is 7.89. The molecule has 0 N–H and O–H groups in total. The molecule has 4 rings (SSSR count). The van der Waals surface area contributed by atoms with Crippen molar-refractivity contribution in [2.75, 3.05) is 27.3 Å². The van der Waals surface area contributed by atoms with Crippen molar-refractivity contribution >= 4 is 11.9 Å². The second kappa shape index (κ2) is 9.68. The second-order valence-corrected chi connectivity index (χ2v) is 7.89. The van der Waals surface area contributed by atoms with Crippen molar-refractivity contribution in [2.24, 2.45) is 5.92 Å². The van der Waals surface area contributed by atoms with Crippen LogP contribution >= 0.6 is 0 Å². The first-order valence-corrected chi connectivity index (χ1v) is 10.7. The predicted molar refractivity (Wildman–Crippen MR) is 120 cm³/mol. The summed E-state index contributed by atoms with van der Waals surface area (Å²) in [6, 6.07) is 17.6. The summed E-state index contributed by atoms with van der Waals surface area (Å²) in [5.74, 6) is 0.325. The number of carbonyl (C=O) groups excluding carboxylic acids is 2. The van der Waals surface area contributed by atoms with Crippen molar-refractivity contribution in [3.05, 3.63) is 71.9 Å². The maximum atomic E-state index is 13.5. The van der Waals surface area contributed by atoms with Gasteiger partial charge in [-0.15, -0.1) is 0 Å². The molecule has 3 aromatic rings. The third kappa shape index (κ3) is 4.66. The molecule has 0 atom stereocenters. The SMILES string of the molecule is COC(=O)C1CCN(C(=O)c2cn(Cc3ccccc3)nc2-c2ccc(OC)cc2)CC1. The number of nitrogens with zero attached hydrogens (tertiary/aromatic N) is 3. The van der Waals surface area contributed by atoms with Crippen LogP contribution in [0.3, 0.4) is 0 Å². The van der Waals surface area contributed by atoms with Gasteiger partial charge >= 0.3 is 5.97 Å². The van der Waals surface area contributed by atoms with Crippen molar-refractivity contribution in [3.63, 3.8) is 0 Å². The quantitative estimate of drug-likeness (QED) is 0.555. The summed E-state index contributed by atoms with van der Waals surface area (Å²) in [6.07, 6.45) is 3.03. The van der Waals surface area contributed by atoms with Gasteiger partial charge in [-0.3, -0.25) is 14.3 Å². The standard InChI is InChI=1S/C25H27N3O4/c1-31-21-10-8-19(9-11-21)23-22(17-28(26-23)16-18-6-4-3-5-7-18)24(29)27-14-12-20(13-15-27)25(30)32-2/h3-11,17,20H,12-16H2,1-2H3. The van der Waals surface area contributed by atoms with Crippen LogP contribution in [0.2, 0.25) is 0 Å². The summed E-state index contributed by atoms with van der Waals surface area (Å²) < 4.78 is 11.9. The number of rotatable bonds is 6. The number of aromatic nitrogens is 2. The minimum Gasteiger partial charge on any atom is -0.497 e. The van der Waals surface area contributed by atoms with Gasteiger partial charge in [0.1, 0.15) is 11.4 Å². The fraction of sp³-hybridized carbons (Fsp3) is 0.320. The lowest BCUT2D eigenvalue weighted by Gasteiger charge is -2.30. The normalized spacial score (nSPS) is 14.2. The van der Waals surface area contributed by atoms with Gasteiger partial charge in [0.25, 0.3) is 5.91 Å². The molecule has 1 aliphatic heterocycles. The minimum absolute atomic E-state index is 0.0709. The van der Waals surface area contributed by atoms with Crippen molar-refractivity contribution < 1.29 is 19.1 Å². The van der Waals surface area contributed by atoms with Crippen LogP contribution in [0.4, 0.5) is 0 Å². The van der Waals surface area contributed by atoms with E-state index in [1.54, 1.807) is 12.0 Å². The fourth-order valence-corrected chi connectivity index (χ4v) is 4.05. The van der Waals surface area contributed by atoms with E-state index in [0.29, 0.717) is 43.7 Å². The van der Waals surface area contributed by atoms with E-state index in [1.165, 1.54) is 7.11 Å². The monoisotopic (exact) mass is 433 g/mol. The predicted octanol–water partition coefficient (Wildman–Crippen LogP) is 3.63. The van der Waals surface area contributed by atoms with Crippen molar-refractivity contribution in [1.29, 1.82) is 0 Å². The third-order valence-corrected chi connectivity index (χ3v) is 5.86. The van der Waals surface area contributed by atoms with Gasteiger partial charge in [0, 0.05) is 24.8 Å². The lowest BCUT2D eigenvalue weighted by atomic mass is 9.96. The number of benzene rings is 2. The Kier molecular flexibility index (Phi) is 6.54. The number of hydrogen-bond donors (Lipinski definition) is 0. The molecule has 1 amide bonds. The first-order chi connectivity index (χ1) is 15.6. The van der Waals surface area contributed by atoms with Gasteiger partial charge in [-0.25, -0.2) is 0 Å². The Morgan fingerprint density at radius 3 is 2.31 bits per heavy atom. The summed E-state index contributed by atoms with van der Waals surface area (Å²) in [5.41, 5.74) is 3.16. The number of carbonyl (C=O) groups is 2. The van der Waals surface area contributed by atoms with Crippen LogP contribution < -0.4 is 4.74 Å². The van der Waals surface area contributed by atoms with Crippen LogP contribution in [-0.4, -0.2) is 53.9 Å². The highest BCUT2D eigenvalue weighted by Gasteiger charge is 2.30. The zero-order valence-electron chi connectivity index (χ0n) is 18.4. The smallest absolute Gasteiger partial charge is 0.308 e. The topological polar surface area (TPSA) is 73.7 Å². The van der Waals surface area contributed by atoms with Crippen LogP contribution in [0.25, 0.3) is 11.3 Å². The summed E-state index contributed by atoms with van der Waals surface area (Å²) >= 11 is 0. The zero-order valence-corrected chi connectivity index (χ0v) is 18.4. The van der Waals surface area contributed by atoms with Gasteiger partial charge in [0.05, 0.1) is 32.2 Å². The van der Waals surface area contributed by atoms with Crippen LogP contribution in [0.15, 0.2) is 60.8 Å². The molecule has 0 saturated carbocycles. The minimum atomic E-state index is -0.202. The van der Waals surface area contributed by atoms with E-state index in [0.717, 1.165) is 16.9 Å². The molecule has 0 radical (unpaired) electrons. The van der Waals surface area contributed by atoms with E-state index >= 15 is 0 Å². The number of amides is 1. The number of hydrogen-bond acceptors (Lipinski definition) is 5.